The van der Waals surface area contributed by atoms with Crippen molar-refractivity contribution in [2.24, 2.45) is 11.8 Å². The largest absolute Gasteiger partial charge is 0.469 e. The third kappa shape index (κ3) is 10.0. The molecule has 0 fully saturated rings. The van der Waals surface area contributed by atoms with Crippen molar-refractivity contribution in [3.63, 3.8) is 0 Å². The number of anilines is 1. The second-order valence-corrected chi connectivity index (χ2v) is 10.2. The molecule has 186 valence electrons. The number of unbranched alkanes of at least 4 members (excludes halogenated alkanes) is 1. The summed E-state index contributed by atoms with van der Waals surface area (Å²) in [5, 5.41) is 4.99. The van der Waals surface area contributed by atoms with Crippen molar-refractivity contribution in [3.8, 4) is 11.3 Å². The van der Waals surface area contributed by atoms with E-state index in [2.05, 4.69) is 44.2 Å². The number of nitrogens with zero attached hydrogens (tertiary/aromatic N) is 2. The molecule has 1 atom stereocenters. The Hall–Kier alpha value is -1.63. The number of rotatable bonds is 12. The van der Waals surface area contributed by atoms with Gasteiger partial charge in [0.25, 0.3) is 0 Å². The molecule has 5 nitrogen and oxygen atoms in total. The molecule has 0 aliphatic rings. The molecule has 1 aromatic heterocycles. The van der Waals surface area contributed by atoms with Crippen LogP contribution in [0.2, 0.25) is 5.02 Å². The van der Waals surface area contributed by atoms with E-state index < -0.39 is 0 Å². The highest BCUT2D eigenvalue weighted by atomic mass is 35.5. The number of esters is 1. The number of halogens is 1. The van der Waals surface area contributed by atoms with Gasteiger partial charge < -0.3 is 15.0 Å². The molecular weight excluding hydrogens is 454 g/mol. The molecular formula is C26H42ClN3O2S. The summed E-state index contributed by atoms with van der Waals surface area (Å²) in [6.07, 6.45) is 3.81. The van der Waals surface area contributed by atoms with Crippen LogP contribution in [0.4, 0.5) is 5.13 Å². The molecule has 0 radical (unpaired) electrons. The van der Waals surface area contributed by atoms with Gasteiger partial charge in [0.15, 0.2) is 5.13 Å². The van der Waals surface area contributed by atoms with Gasteiger partial charge >= 0.3 is 5.97 Å². The molecule has 0 aliphatic heterocycles. The standard InChI is InChI=1S/C24H36ClN3O2S.C2H6/c1-16(2)13-21-22(18-11-10-17(3)20(25)14-18)27-24(31-21)26-15-19(23(29)30-6)9-7-8-12-28(4)5;1-2/h10-11,14,16,19H,7-9,12-13,15H2,1-6H3,(H,26,27);1-2H3. The fourth-order valence-corrected chi connectivity index (χ4v) is 4.78. The van der Waals surface area contributed by atoms with Crippen LogP contribution in [0.15, 0.2) is 18.2 Å². The Labute approximate surface area is 209 Å². The number of carbonyl (C=O) groups excluding carboxylic acids is 1. The van der Waals surface area contributed by atoms with Crippen molar-refractivity contribution in [1.29, 1.82) is 0 Å². The highest BCUT2D eigenvalue weighted by Crippen LogP contribution is 2.35. The molecule has 7 heteroatoms. The third-order valence-corrected chi connectivity index (χ3v) is 6.62. The van der Waals surface area contributed by atoms with Gasteiger partial charge in [-0.25, -0.2) is 4.98 Å². The van der Waals surface area contributed by atoms with Gasteiger partial charge in [0.2, 0.25) is 0 Å². The minimum atomic E-state index is -0.179. The second kappa shape index (κ2) is 15.3. The molecule has 1 aromatic carbocycles. The SMILES string of the molecule is CC.COC(=O)C(CCCCN(C)C)CNc1nc(-c2ccc(C)c(Cl)c2)c(CC(C)C)s1. The number of ether oxygens (including phenoxy) is 1. The molecule has 2 rings (SSSR count). The number of nitrogens with one attached hydrogen (secondary N) is 1. The molecule has 33 heavy (non-hydrogen) atoms. The van der Waals surface area contributed by atoms with Crippen LogP contribution in [0.3, 0.4) is 0 Å². The summed E-state index contributed by atoms with van der Waals surface area (Å²) < 4.78 is 5.03. The van der Waals surface area contributed by atoms with E-state index in [0.717, 1.165) is 59.2 Å². The van der Waals surface area contributed by atoms with E-state index in [1.807, 2.05) is 32.9 Å². The zero-order valence-corrected chi connectivity index (χ0v) is 23.2. The summed E-state index contributed by atoms with van der Waals surface area (Å²) in [6, 6.07) is 6.09. The van der Waals surface area contributed by atoms with Gasteiger partial charge in [-0.05, 0) is 64.4 Å². The van der Waals surface area contributed by atoms with Crippen molar-refractivity contribution in [1.82, 2.24) is 9.88 Å². The molecule has 2 aromatic rings. The fraction of sp³-hybridized carbons (Fsp3) is 0.615. The van der Waals surface area contributed by atoms with Gasteiger partial charge in [-0.15, -0.1) is 11.3 Å². The molecule has 1 N–H and O–H groups in total. The molecule has 1 heterocycles. The first kappa shape index (κ1) is 29.4. The van der Waals surface area contributed by atoms with Crippen molar-refractivity contribution in [2.45, 2.75) is 60.3 Å². The maximum absolute atomic E-state index is 12.3. The molecule has 0 spiro atoms. The Balaban J connectivity index is 0.00000265. The maximum Gasteiger partial charge on any atom is 0.310 e. The number of thiazole rings is 1. The quantitative estimate of drug-likeness (QED) is 0.255. The minimum Gasteiger partial charge on any atom is -0.469 e. The van der Waals surface area contributed by atoms with E-state index in [4.69, 9.17) is 21.3 Å². The Kier molecular flexibility index (Phi) is 13.6. The van der Waals surface area contributed by atoms with Gasteiger partial charge in [-0.3, -0.25) is 4.79 Å². The van der Waals surface area contributed by atoms with Gasteiger partial charge in [0.05, 0.1) is 18.7 Å². The van der Waals surface area contributed by atoms with Crippen LogP contribution in [0.25, 0.3) is 11.3 Å². The number of hydrogen-bond acceptors (Lipinski definition) is 6. The predicted octanol–water partition coefficient (Wildman–Crippen LogP) is 6.93. The third-order valence-electron chi connectivity index (χ3n) is 5.18. The summed E-state index contributed by atoms with van der Waals surface area (Å²) >= 11 is 8.03. The first-order valence-corrected chi connectivity index (χ1v) is 13.1. The summed E-state index contributed by atoms with van der Waals surface area (Å²) in [7, 11) is 5.59. The molecule has 0 saturated heterocycles. The number of carbonyl (C=O) groups is 1. The predicted molar refractivity (Wildman–Crippen MR) is 144 cm³/mol. The lowest BCUT2D eigenvalue weighted by Crippen LogP contribution is -2.25. The van der Waals surface area contributed by atoms with Crippen molar-refractivity contribution >= 4 is 34.0 Å². The lowest BCUT2D eigenvalue weighted by atomic mass is 10.0. The minimum absolute atomic E-state index is 0.165. The van der Waals surface area contributed by atoms with E-state index in [9.17, 15) is 4.79 Å². The van der Waals surface area contributed by atoms with Crippen LogP contribution in [0.5, 0.6) is 0 Å². The Bertz CT molecular complexity index is 852. The average molecular weight is 496 g/mol. The Morgan fingerprint density at radius 1 is 1.24 bits per heavy atom. The highest BCUT2D eigenvalue weighted by molar-refractivity contribution is 7.16. The molecule has 0 amide bonds. The van der Waals surface area contributed by atoms with Crippen LogP contribution in [-0.2, 0) is 16.0 Å². The van der Waals surface area contributed by atoms with Crippen LogP contribution in [0.1, 0.15) is 57.4 Å². The molecule has 0 saturated carbocycles. The topological polar surface area (TPSA) is 54.5 Å². The van der Waals surface area contributed by atoms with Gasteiger partial charge in [-0.2, -0.15) is 0 Å². The Morgan fingerprint density at radius 2 is 1.94 bits per heavy atom. The summed E-state index contributed by atoms with van der Waals surface area (Å²) in [4.78, 5) is 20.5. The van der Waals surface area contributed by atoms with Crippen molar-refractivity contribution in [3.05, 3.63) is 33.7 Å². The number of hydrogen-bond donors (Lipinski definition) is 1. The summed E-state index contributed by atoms with van der Waals surface area (Å²) in [6.45, 7) is 12.0. The number of aryl methyl sites for hydroxylation is 1. The van der Waals surface area contributed by atoms with Crippen LogP contribution < -0.4 is 5.32 Å². The van der Waals surface area contributed by atoms with E-state index in [-0.39, 0.29) is 11.9 Å². The normalized spacial score (nSPS) is 11.8. The highest BCUT2D eigenvalue weighted by Gasteiger charge is 2.21. The van der Waals surface area contributed by atoms with Gasteiger partial charge in [0.1, 0.15) is 0 Å². The van der Waals surface area contributed by atoms with Crippen LogP contribution in [-0.4, -0.2) is 50.1 Å². The smallest absolute Gasteiger partial charge is 0.310 e. The summed E-state index contributed by atoms with van der Waals surface area (Å²) in [5.41, 5.74) is 3.06. The fourth-order valence-electron chi connectivity index (χ4n) is 3.40. The first-order chi connectivity index (χ1) is 15.7. The molecule has 1 unspecified atom stereocenters. The van der Waals surface area contributed by atoms with Crippen molar-refractivity contribution < 1.29 is 9.53 Å². The zero-order chi connectivity index (χ0) is 25.0. The maximum atomic E-state index is 12.3. The van der Waals surface area contributed by atoms with Crippen LogP contribution in [0, 0.1) is 18.8 Å². The van der Waals surface area contributed by atoms with Gasteiger partial charge in [-0.1, -0.05) is 57.8 Å². The zero-order valence-electron chi connectivity index (χ0n) is 21.6. The van der Waals surface area contributed by atoms with Crippen LogP contribution >= 0.6 is 22.9 Å². The lowest BCUT2D eigenvalue weighted by Gasteiger charge is -2.16. The van der Waals surface area contributed by atoms with Crippen molar-refractivity contribution in [2.75, 3.05) is 39.6 Å². The summed E-state index contributed by atoms with van der Waals surface area (Å²) in [5.74, 6) is 0.177. The number of benzene rings is 1. The Morgan fingerprint density at radius 3 is 2.52 bits per heavy atom. The lowest BCUT2D eigenvalue weighted by molar-refractivity contribution is -0.145. The van der Waals surface area contributed by atoms with E-state index in [0.29, 0.717) is 12.5 Å². The number of methoxy groups -OCH3 is 1. The average Bonchev–Trinajstić information content (AvgIpc) is 3.17. The van der Waals surface area contributed by atoms with E-state index >= 15 is 0 Å². The van der Waals surface area contributed by atoms with Gasteiger partial charge in [0, 0.05) is 22.0 Å². The van der Waals surface area contributed by atoms with E-state index in [1.54, 1.807) is 11.3 Å². The molecule has 0 aliphatic carbocycles. The number of aromatic nitrogens is 1. The van der Waals surface area contributed by atoms with E-state index in [1.165, 1.54) is 12.0 Å². The first-order valence-electron chi connectivity index (χ1n) is 11.9. The second-order valence-electron chi connectivity index (χ2n) is 8.75. The molecule has 0 bridgehead atoms. The monoisotopic (exact) mass is 495 g/mol.